The fraction of sp³-hybridized carbons (Fsp3) is 0.533. The third-order valence-corrected chi connectivity index (χ3v) is 8.44. The predicted octanol–water partition coefficient (Wildman–Crippen LogP) is 4.78. The van der Waals surface area contributed by atoms with Crippen LogP contribution in [0.3, 0.4) is 0 Å². The lowest BCUT2D eigenvalue weighted by Crippen LogP contribution is -2.55. The Morgan fingerprint density at radius 3 is 2.61 bits per heavy atom. The molecule has 2 fully saturated rings. The molecule has 1 atom stereocenters. The molecule has 7 nitrogen and oxygen atoms in total. The van der Waals surface area contributed by atoms with Crippen molar-refractivity contribution in [1.29, 1.82) is 0 Å². The number of benzene rings is 1. The SMILES string of the molecule is COc1cc(C)[nH]c(=O)c1CCC(=O)c1c(C)n([C@H](C)C2CCN(CC3(F)COC3)CC2)c2ccccc12. The zero-order valence-electron chi connectivity index (χ0n) is 22.8. The van der Waals surface area contributed by atoms with Gasteiger partial charge < -0.3 is 19.0 Å². The lowest BCUT2D eigenvalue weighted by Gasteiger charge is -2.41. The molecule has 38 heavy (non-hydrogen) atoms. The lowest BCUT2D eigenvalue weighted by atomic mass is 9.89. The number of alkyl halides is 1. The molecule has 3 aromatic rings. The number of rotatable bonds is 9. The number of ketones is 1. The number of likely N-dealkylation sites (tertiary alicyclic amines) is 1. The van der Waals surface area contributed by atoms with Gasteiger partial charge in [0.25, 0.3) is 5.56 Å². The molecule has 2 aromatic heterocycles. The highest BCUT2D eigenvalue weighted by Gasteiger charge is 2.41. The lowest BCUT2D eigenvalue weighted by molar-refractivity contribution is -0.143. The number of para-hydroxylation sites is 1. The van der Waals surface area contributed by atoms with Crippen LogP contribution in [0.5, 0.6) is 5.75 Å². The topological polar surface area (TPSA) is 76.6 Å². The first-order chi connectivity index (χ1) is 18.2. The van der Waals surface area contributed by atoms with Crippen LogP contribution in [-0.2, 0) is 11.2 Å². The van der Waals surface area contributed by atoms with E-state index in [2.05, 4.69) is 27.4 Å². The number of halogens is 1. The van der Waals surface area contributed by atoms with E-state index in [0.29, 0.717) is 30.2 Å². The van der Waals surface area contributed by atoms with E-state index in [1.165, 1.54) is 0 Å². The minimum absolute atomic E-state index is 0.0254. The summed E-state index contributed by atoms with van der Waals surface area (Å²) in [6, 6.07) is 10.1. The number of hydrogen-bond acceptors (Lipinski definition) is 5. The maximum Gasteiger partial charge on any atom is 0.255 e. The first-order valence-corrected chi connectivity index (χ1v) is 13.6. The number of methoxy groups -OCH3 is 1. The Balaban J connectivity index is 1.35. The molecule has 1 aromatic carbocycles. The normalized spacial score (nSPS) is 18.9. The van der Waals surface area contributed by atoms with E-state index in [-0.39, 0.29) is 37.0 Å². The Labute approximate surface area is 222 Å². The maximum absolute atomic E-state index is 14.5. The molecule has 0 amide bonds. The molecule has 1 N–H and O–H groups in total. The van der Waals surface area contributed by atoms with Crippen LogP contribution >= 0.6 is 0 Å². The Morgan fingerprint density at radius 1 is 1.24 bits per heavy atom. The van der Waals surface area contributed by atoms with Gasteiger partial charge in [-0.3, -0.25) is 14.5 Å². The van der Waals surface area contributed by atoms with E-state index >= 15 is 0 Å². The maximum atomic E-state index is 14.5. The predicted molar refractivity (Wildman–Crippen MR) is 146 cm³/mol. The van der Waals surface area contributed by atoms with Gasteiger partial charge in [0.15, 0.2) is 11.5 Å². The molecular weight excluding hydrogens is 485 g/mol. The van der Waals surface area contributed by atoms with Crippen LogP contribution in [0.4, 0.5) is 4.39 Å². The largest absolute Gasteiger partial charge is 0.496 e. The number of pyridine rings is 1. The van der Waals surface area contributed by atoms with Crippen molar-refractivity contribution >= 4 is 16.7 Å². The molecule has 0 spiro atoms. The smallest absolute Gasteiger partial charge is 0.255 e. The summed E-state index contributed by atoms with van der Waals surface area (Å²) in [6.45, 7) is 8.69. The zero-order valence-corrected chi connectivity index (χ0v) is 22.8. The number of ether oxygens (including phenoxy) is 2. The number of carbonyl (C=O) groups excluding carboxylic acids is 1. The van der Waals surface area contributed by atoms with Crippen LogP contribution in [-0.4, -0.2) is 65.9 Å². The summed E-state index contributed by atoms with van der Waals surface area (Å²) in [6.07, 6.45) is 2.51. The molecule has 5 rings (SSSR count). The van der Waals surface area contributed by atoms with E-state index in [1.807, 2.05) is 32.0 Å². The highest BCUT2D eigenvalue weighted by atomic mass is 19.1. The minimum Gasteiger partial charge on any atom is -0.496 e. The molecule has 0 unspecified atom stereocenters. The molecule has 0 saturated carbocycles. The summed E-state index contributed by atoms with van der Waals surface area (Å²) in [5.41, 5.74) is 2.58. The van der Waals surface area contributed by atoms with Gasteiger partial charge in [-0.15, -0.1) is 0 Å². The summed E-state index contributed by atoms with van der Waals surface area (Å²) < 4.78 is 27.4. The van der Waals surface area contributed by atoms with Gasteiger partial charge in [-0.1, -0.05) is 18.2 Å². The van der Waals surface area contributed by atoms with Gasteiger partial charge in [0, 0.05) is 46.9 Å². The van der Waals surface area contributed by atoms with E-state index in [9.17, 15) is 14.0 Å². The number of hydrogen-bond donors (Lipinski definition) is 1. The Hall–Kier alpha value is -2.97. The number of Topliss-reactive ketones (excluding diaryl/α,β-unsaturated/α-hetero) is 1. The van der Waals surface area contributed by atoms with Gasteiger partial charge in [-0.2, -0.15) is 0 Å². The summed E-state index contributed by atoms with van der Waals surface area (Å²) in [5.74, 6) is 0.978. The summed E-state index contributed by atoms with van der Waals surface area (Å²) in [5, 5.41) is 0.952. The quantitative estimate of drug-likeness (QED) is 0.409. The Kier molecular flexibility index (Phi) is 7.47. The number of piperidine rings is 1. The first kappa shape index (κ1) is 26.6. The summed E-state index contributed by atoms with van der Waals surface area (Å²) in [7, 11) is 1.54. The van der Waals surface area contributed by atoms with Crippen LogP contribution in [0.2, 0.25) is 0 Å². The molecule has 2 saturated heterocycles. The number of aromatic amines is 1. The van der Waals surface area contributed by atoms with Crippen molar-refractivity contribution in [3.8, 4) is 5.75 Å². The average Bonchev–Trinajstić information content (AvgIpc) is 3.18. The number of nitrogens with zero attached hydrogens (tertiary/aromatic N) is 2. The van der Waals surface area contributed by atoms with Gasteiger partial charge >= 0.3 is 0 Å². The van der Waals surface area contributed by atoms with Crippen molar-refractivity contribution in [3.05, 3.63) is 63.2 Å². The van der Waals surface area contributed by atoms with Crippen molar-refractivity contribution in [2.75, 3.05) is 40.0 Å². The van der Waals surface area contributed by atoms with E-state index in [4.69, 9.17) is 9.47 Å². The van der Waals surface area contributed by atoms with Gasteiger partial charge in [-0.25, -0.2) is 4.39 Å². The summed E-state index contributed by atoms with van der Waals surface area (Å²) >= 11 is 0. The molecule has 0 aliphatic carbocycles. The first-order valence-electron chi connectivity index (χ1n) is 13.6. The van der Waals surface area contributed by atoms with Crippen LogP contribution < -0.4 is 10.3 Å². The van der Waals surface area contributed by atoms with Gasteiger partial charge in [0.1, 0.15) is 5.75 Å². The van der Waals surface area contributed by atoms with Crippen molar-refractivity contribution in [2.24, 2.45) is 5.92 Å². The van der Waals surface area contributed by atoms with Crippen LogP contribution in [0.15, 0.2) is 35.1 Å². The number of carbonyl (C=O) groups is 1. The number of fused-ring (bicyclic) bond motifs is 1. The van der Waals surface area contributed by atoms with Crippen LogP contribution in [0, 0.1) is 19.8 Å². The van der Waals surface area contributed by atoms with Crippen molar-refractivity contribution in [3.63, 3.8) is 0 Å². The fourth-order valence-corrected chi connectivity index (χ4v) is 6.36. The molecule has 4 heterocycles. The van der Waals surface area contributed by atoms with Crippen LogP contribution in [0.25, 0.3) is 10.9 Å². The highest BCUT2D eigenvalue weighted by molar-refractivity contribution is 6.09. The molecule has 204 valence electrons. The third kappa shape index (κ3) is 5.04. The van der Waals surface area contributed by atoms with Gasteiger partial charge in [-0.05, 0) is 71.2 Å². The second-order valence-corrected chi connectivity index (χ2v) is 11.1. The molecule has 0 bridgehead atoms. The number of aryl methyl sites for hydroxylation is 1. The number of nitrogens with one attached hydrogen (secondary N) is 1. The summed E-state index contributed by atoms with van der Waals surface area (Å²) in [4.78, 5) is 31.2. The van der Waals surface area contributed by atoms with E-state index in [0.717, 1.165) is 53.8 Å². The zero-order chi connectivity index (χ0) is 27.0. The molecular formula is C30H38FN3O4. The minimum atomic E-state index is -1.19. The number of H-pyrrole nitrogens is 1. The molecule has 0 radical (unpaired) electrons. The van der Waals surface area contributed by atoms with Crippen molar-refractivity contribution < 1.29 is 18.7 Å². The Bertz CT molecular complexity index is 1380. The molecule has 8 heteroatoms. The molecule has 2 aliphatic heterocycles. The van der Waals surface area contributed by atoms with E-state index in [1.54, 1.807) is 13.2 Å². The number of aromatic nitrogens is 2. The van der Waals surface area contributed by atoms with Crippen LogP contribution in [0.1, 0.15) is 59.5 Å². The van der Waals surface area contributed by atoms with Crippen molar-refractivity contribution in [2.45, 2.75) is 58.2 Å². The average molecular weight is 524 g/mol. The monoisotopic (exact) mass is 523 g/mol. The Morgan fingerprint density at radius 2 is 1.95 bits per heavy atom. The molecule has 2 aliphatic rings. The van der Waals surface area contributed by atoms with Gasteiger partial charge in [0.2, 0.25) is 0 Å². The second-order valence-electron chi connectivity index (χ2n) is 11.1. The van der Waals surface area contributed by atoms with Gasteiger partial charge in [0.05, 0.1) is 25.9 Å². The second kappa shape index (κ2) is 10.7. The van der Waals surface area contributed by atoms with E-state index < -0.39 is 5.67 Å². The fourth-order valence-electron chi connectivity index (χ4n) is 6.36. The standard InChI is InChI=1S/C30H38FN3O4/c1-19-15-27(37-4)24(29(36)32-19)9-10-26(35)28-21(3)34(25-8-6-5-7-23(25)28)20(2)22-11-13-33(14-12-22)16-30(31)17-38-18-30/h5-8,15,20,22H,9-14,16-18H2,1-4H3,(H,32,36)/t20-/m1/s1. The third-order valence-electron chi connectivity index (χ3n) is 8.44. The van der Waals surface area contributed by atoms with Crippen molar-refractivity contribution in [1.82, 2.24) is 14.5 Å². The highest BCUT2D eigenvalue weighted by Crippen LogP contribution is 2.37.